The van der Waals surface area contributed by atoms with Gasteiger partial charge in [-0.2, -0.15) is 4.31 Å². The lowest BCUT2D eigenvalue weighted by atomic mass is 10.3. The number of hydrogen-bond donors (Lipinski definition) is 1. The number of anilines is 1. The molecule has 7 nitrogen and oxygen atoms in total. The number of methoxy groups -OCH3 is 1. The molecule has 8 heteroatoms. The molecule has 1 N–H and O–H groups in total. The molecular formula is C19H24N2O5S. The van der Waals surface area contributed by atoms with Gasteiger partial charge in [0.1, 0.15) is 17.3 Å². The summed E-state index contributed by atoms with van der Waals surface area (Å²) in [6.45, 7) is 3.65. The highest BCUT2D eigenvalue weighted by molar-refractivity contribution is 7.89. The minimum Gasteiger partial charge on any atom is -0.495 e. The molecule has 1 aromatic carbocycles. The molecule has 0 aliphatic heterocycles. The Morgan fingerprint density at radius 2 is 2.04 bits per heavy atom. The third kappa shape index (κ3) is 4.17. The second kappa shape index (κ2) is 7.36. The van der Waals surface area contributed by atoms with Crippen molar-refractivity contribution in [3.63, 3.8) is 0 Å². The maximum atomic E-state index is 12.9. The number of amides is 1. The molecule has 1 aromatic heterocycles. The first-order valence-electron chi connectivity index (χ1n) is 8.73. The van der Waals surface area contributed by atoms with E-state index in [-0.39, 0.29) is 17.3 Å². The molecule has 3 rings (SSSR count). The number of furan rings is 1. The lowest BCUT2D eigenvalue weighted by Gasteiger charge is -2.17. The van der Waals surface area contributed by atoms with Crippen molar-refractivity contribution in [2.24, 2.45) is 5.92 Å². The molecule has 1 amide bonds. The molecule has 0 spiro atoms. The molecule has 0 unspecified atom stereocenters. The van der Waals surface area contributed by atoms with Gasteiger partial charge in [0.05, 0.1) is 24.2 Å². The van der Waals surface area contributed by atoms with Crippen molar-refractivity contribution in [1.29, 1.82) is 0 Å². The van der Waals surface area contributed by atoms with Crippen LogP contribution in [0.15, 0.2) is 39.6 Å². The minimum absolute atomic E-state index is 0.0668. The number of nitrogens with one attached hydrogen (secondary N) is 1. The van der Waals surface area contributed by atoms with Crippen LogP contribution in [-0.2, 0) is 21.4 Å². The molecule has 2 atom stereocenters. The second-order valence-corrected chi connectivity index (χ2v) is 8.97. The Bertz CT molecular complexity index is 951. The minimum atomic E-state index is -3.76. The molecule has 0 bridgehead atoms. The first-order valence-corrected chi connectivity index (χ1v) is 10.2. The summed E-state index contributed by atoms with van der Waals surface area (Å²) in [6.07, 6.45) is 1.11. The van der Waals surface area contributed by atoms with Gasteiger partial charge in [-0.15, -0.1) is 0 Å². The first kappa shape index (κ1) is 19.4. The van der Waals surface area contributed by atoms with Crippen molar-refractivity contribution in [1.82, 2.24) is 4.31 Å². The Balaban J connectivity index is 1.80. The molecule has 2 aromatic rings. The number of sulfonamides is 1. The number of benzene rings is 1. The van der Waals surface area contributed by atoms with E-state index < -0.39 is 10.0 Å². The standard InChI is InChI=1S/C19H24N2O5S/c1-12-9-16(12)18-7-5-14(26-18)11-21(3)27(23,24)15-6-8-19(25-4)17(10-15)20-13(2)22/h5-8,10,12,16H,9,11H2,1-4H3,(H,20,22)/t12-,16-/m0/s1. The van der Waals surface area contributed by atoms with Gasteiger partial charge in [-0.1, -0.05) is 6.92 Å². The zero-order valence-electron chi connectivity index (χ0n) is 15.9. The summed E-state index contributed by atoms with van der Waals surface area (Å²) in [5, 5.41) is 2.59. The Labute approximate surface area is 159 Å². The Morgan fingerprint density at radius 1 is 1.33 bits per heavy atom. The van der Waals surface area contributed by atoms with Crippen molar-refractivity contribution < 1.29 is 22.4 Å². The average molecular weight is 392 g/mol. The van der Waals surface area contributed by atoms with Gasteiger partial charge in [0.15, 0.2) is 0 Å². The zero-order chi connectivity index (χ0) is 19.8. The normalized spacial score (nSPS) is 19.1. The summed E-state index contributed by atoms with van der Waals surface area (Å²) in [5.74, 6) is 2.67. The molecule has 1 heterocycles. The second-order valence-electron chi connectivity index (χ2n) is 6.93. The van der Waals surface area contributed by atoms with E-state index in [0.29, 0.717) is 29.0 Å². The van der Waals surface area contributed by atoms with Gasteiger partial charge in [-0.05, 0) is 42.7 Å². The smallest absolute Gasteiger partial charge is 0.243 e. The van der Waals surface area contributed by atoms with Gasteiger partial charge in [0.2, 0.25) is 15.9 Å². The van der Waals surface area contributed by atoms with Crippen LogP contribution in [0.25, 0.3) is 0 Å². The van der Waals surface area contributed by atoms with E-state index in [0.717, 1.165) is 12.2 Å². The molecule has 27 heavy (non-hydrogen) atoms. The summed E-state index contributed by atoms with van der Waals surface area (Å²) in [4.78, 5) is 11.4. The van der Waals surface area contributed by atoms with Crippen molar-refractivity contribution in [2.45, 2.75) is 37.6 Å². The number of rotatable bonds is 7. The van der Waals surface area contributed by atoms with Crippen LogP contribution in [0.4, 0.5) is 5.69 Å². The van der Waals surface area contributed by atoms with Gasteiger partial charge in [0.25, 0.3) is 0 Å². The van der Waals surface area contributed by atoms with E-state index in [4.69, 9.17) is 9.15 Å². The van der Waals surface area contributed by atoms with Crippen LogP contribution >= 0.6 is 0 Å². The van der Waals surface area contributed by atoms with E-state index in [9.17, 15) is 13.2 Å². The topological polar surface area (TPSA) is 88.8 Å². The largest absolute Gasteiger partial charge is 0.495 e. The highest BCUT2D eigenvalue weighted by Gasteiger charge is 2.36. The predicted octanol–water partition coefficient (Wildman–Crippen LogP) is 3.19. The third-order valence-electron chi connectivity index (χ3n) is 4.73. The van der Waals surface area contributed by atoms with Crippen LogP contribution in [0.3, 0.4) is 0 Å². The first-order chi connectivity index (χ1) is 12.7. The highest BCUT2D eigenvalue weighted by Crippen LogP contribution is 2.47. The summed E-state index contributed by atoms with van der Waals surface area (Å²) in [7, 11) is -0.806. The Morgan fingerprint density at radius 3 is 2.63 bits per heavy atom. The number of carbonyl (C=O) groups excluding carboxylic acids is 1. The van der Waals surface area contributed by atoms with Gasteiger partial charge in [0, 0.05) is 19.9 Å². The van der Waals surface area contributed by atoms with E-state index in [1.807, 2.05) is 12.1 Å². The fourth-order valence-electron chi connectivity index (χ4n) is 3.02. The molecule has 1 saturated carbocycles. The fourth-order valence-corrected chi connectivity index (χ4v) is 4.18. The molecule has 0 saturated heterocycles. The van der Waals surface area contributed by atoms with E-state index in [2.05, 4.69) is 12.2 Å². The van der Waals surface area contributed by atoms with Crippen LogP contribution in [-0.4, -0.2) is 32.8 Å². The summed E-state index contributed by atoms with van der Waals surface area (Å²) < 4.78 is 38.0. The van der Waals surface area contributed by atoms with Crippen LogP contribution in [0.2, 0.25) is 0 Å². The molecule has 1 fully saturated rings. The van der Waals surface area contributed by atoms with Crippen LogP contribution in [0.5, 0.6) is 5.75 Å². The van der Waals surface area contributed by atoms with Crippen LogP contribution in [0, 0.1) is 5.92 Å². The van der Waals surface area contributed by atoms with Crippen LogP contribution in [0.1, 0.15) is 37.7 Å². The summed E-state index contributed by atoms with van der Waals surface area (Å²) >= 11 is 0. The molecule has 1 aliphatic rings. The maximum absolute atomic E-state index is 12.9. The van der Waals surface area contributed by atoms with Gasteiger partial charge < -0.3 is 14.5 Å². The van der Waals surface area contributed by atoms with Crippen molar-refractivity contribution >= 4 is 21.6 Å². The quantitative estimate of drug-likeness (QED) is 0.782. The zero-order valence-corrected chi connectivity index (χ0v) is 16.7. The van der Waals surface area contributed by atoms with Crippen molar-refractivity contribution in [3.05, 3.63) is 41.9 Å². The molecule has 146 valence electrons. The summed E-state index contributed by atoms with van der Waals surface area (Å²) in [6, 6.07) is 8.11. The molecule has 0 radical (unpaired) electrons. The van der Waals surface area contributed by atoms with E-state index >= 15 is 0 Å². The SMILES string of the molecule is COc1ccc(S(=O)(=O)N(C)Cc2ccc([C@H]3C[C@@H]3C)o2)cc1NC(C)=O. The van der Waals surface area contributed by atoms with Gasteiger partial charge in [-0.3, -0.25) is 4.79 Å². The lowest BCUT2D eigenvalue weighted by Crippen LogP contribution is -2.26. The fraction of sp³-hybridized carbons (Fsp3) is 0.421. The molecule has 1 aliphatic carbocycles. The Hall–Kier alpha value is -2.32. The third-order valence-corrected chi connectivity index (χ3v) is 6.53. The highest BCUT2D eigenvalue weighted by atomic mass is 32.2. The van der Waals surface area contributed by atoms with E-state index in [1.54, 1.807) is 0 Å². The predicted molar refractivity (Wildman–Crippen MR) is 101 cm³/mol. The Kier molecular flexibility index (Phi) is 5.30. The van der Waals surface area contributed by atoms with Gasteiger partial charge >= 0.3 is 0 Å². The van der Waals surface area contributed by atoms with Crippen LogP contribution < -0.4 is 10.1 Å². The lowest BCUT2D eigenvalue weighted by molar-refractivity contribution is -0.114. The average Bonchev–Trinajstić information content (AvgIpc) is 3.15. The van der Waals surface area contributed by atoms with E-state index in [1.165, 1.54) is 43.6 Å². The maximum Gasteiger partial charge on any atom is 0.243 e. The summed E-state index contributed by atoms with van der Waals surface area (Å²) in [5.41, 5.74) is 0.308. The number of nitrogens with zero attached hydrogens (tertiary/aromatic N) is 1. The monoisotopic (exact) mass is 392 g/mol. The molecular weight excluding hydrogens is 368 g/mol. The van der Waals surface area contributed by atoms with Crippen molar-refractivity contribution in [3.8, 4) is 5.75 Å². The van der Waals surface area contributed by atoms with Crippen molar-refractivity contribution in [2.75, 3.05) is 19.5 Å². The number of hydrogen-bond acceptors (Lipinski definition) is 5. The number of carbonyl (C=O) groups is 1. The number of ether oxygens (including phenoxy) is 1. The van der Waals surface area contributed by atoms with Gasteiger partial charge in [-0.25, -0.2) is 8.42 Å².